The van der Waals surface area contributed by atoms with Crippen LogP contribution < -0.4 is 5.32 Å². The van der Waals surface area contributed by atoms with Gasteiger partial charge in [-0.2, -0.15) is 0 Å². The van der Waals surface area contributed by atoms with Crippen LogP contribution in [0.25, 0.3) is 0 Å². The molecule has 82 valence electrons. The third kappa shape index (κ3) is 3.32. The summed E-state index contributed by atoms with van der Waals surface area (Å²) in [6.45, 7) is 1.36. The van der Waals surface area contributed by atoms with Crippen LogP contribution in [0.3, 0.4) is 0 Å². The van der Waals surface area contributed by atoms with Crippen molar-refractivity contribution in [1.82, 2.24) is 0 Å². The van der Waals surface area contributed by atoms with Crippen LogP contribution in [0.2, 0.25) is 0 Å². The van der Waals surface area contributed by atoms with Crippen molar-refractivity contribution < 1.29 is 14.3 Å². The van der Waals surface area contributed by atoms with Crippen molar-refractivity contribution in [3.63, 3.8) is 0 Å². The molecule has 1 atom stereocenters. The predicted molar refractivity (Wildman–Crippen MR) is 56.2 cm³/mol. The van der Waals surface area contributed by atoms with Crippen molar-refractivity contribution in [3.8, 4) is 0 Å². The molecule has 1 aromatic carbocycles. The molecular formula is C11H14FNO2. The monoisotopic (exact) mass is 211 g/mol. The van der Waals surface area contributed by atoms with Crippen LogP contribution in [-0.2, 0) is 4.79 Å². The molecule has 0 spiro atoms. The molecule has 1 unspecified atom stereocenters. The topological polar surface area (TPSA) is 49.3 Å². The largest absolute Gasteiger partial charge is 0.389 e. The molecule has 0 aromatic heterocycles. The van der Waals surface area contributed by atoms with E-state index in [4.69, 9.17) is 5.11 Å². The Morgan fingerprint density at radius 3 is 2.53 bits per heavy atom. The molecule has 1 rings (SSSR count). The second-order valence-corrected chi connectivity index (χ2v) is 3.24. The summed E-state index contributed by atoms with van der Waals surface area (Å²) in [4.78, 5) is 11.2. The van der Waals surface area contributed by atoms with Crippen LogP contribution in [0.1, 0.15) is 13.3 Å². The third-order valence-electron chi connectivity index (χ3n) is 2.14. The minimum absolute atomic E-state index is 0.262. The number of nitrogens with one attached hydrogen (secondary N) is 1. The van der Waals surface area contributed by atoms with Crippen LogP contribution in [0.15, 0.2) is 24.3 Å². The lowest BCUT2D eigenvalue weighted by Crippen LogP contribution is -2.30. The number of benzene rings is 1. The van der Waals surface area contributed by atoms with Crippen molar-refractivity contribution >= 4 is 11.5 Å². The predicted octanol–water partition coefficient (Wildman–Crippen LogP) is 1.58. The zero-order valence-electron chi connectivity index (χ0n) is 8.53. The Morgan fingerprint density at radius 2 is 2.07 bits per heavy atom. The van der Waals surface area contributed by atoms with E-state index >= 15 is 0 Å². The number of carbonyl (C=O) groups excluding carboxylic acids is 1. The number of hydrogen-bond acceptors (Lipinski definition) is 3. The van der Waals surface area contributed by atoms with Crippen molar-refractivity contribution in [3.05, 3.63) is 30.1 Å². The zero-order chi connectivity index (χ0) is 11.3. The summed E-state index contributed by atoms with van der Waals surface area (Å²) in [7, 11) is 0. The highest BCUT2D eigenvalue weighted by Crippen LogP contribution is 2.11. The van der Waals surface area contributed by atoms with E-state index in [1.54, 1.807) is 12.1 Å². The number of aliphatic hydroxyl groups excluding tert-OH is 1. The summed E-state index contributed by atoms with van der Waals surface area (Å²) in [5, 5.41) is 11.6. The Hall–Kier alpha value is -1.42. The van der Waals surface area contributed by atoms with Gasteiger partial charge < -0.3 is 10.4 Å². The Kier molecular flexibility index (Phi) is 4.24. The third-order valence-corrected chi connectivity index (χ3v) is 2.14. The van der Waals surface area contributed by atoms with E-state index < -0.39 is 12.6 Å². The van der Waals surface area contributed by atoms with Gasteiger partial charge in [-0.3, -0.25) is 4.79 Å². The second-order valence-electron chi connectivity index (χ2n) is 3.24. The van der Waals surface area contributed by atoms with Gasteiger partial charge in [0, 0.05) is 5.69 Å². The van der Waals surface area contributed by atoms with Gasteiger partial charge in [-0.1, -0.05) is 6.92 Å². The second kappa shape index (κ2) is 5.46. The molecule has 0 bridgehead atoms. The molecule has 0 aliphatic heterocycles. The number of ketones is 1. The van der Waals surface area contributed by atoms with E-state index in [0.717, 1.165) is 0 Å². The lowest BCUT2D eigenvalue weighted by Gasteiger charge is -2.15. The molecule has 0 amide bonds. The lowest BCUT2D eigenvalue weighted by atomic mass is 10.1. The first-order valence-electron chi connectivity index (χ1n) is 4.83. The average Bonchev–Trinajstić information content (AvgIpc) is 2.27. The zero-order valence-corrected chi connectivity index (χ0v) is 8.53. The molecule has 0 fully saturated rings. The van der Waals surface area contributed by atoms with Crippen LogP contribution >= 0.6 is 0 Å². The highest BCUT2D eigenvalue weighted by molar-refractivity contribution is 5.87. The van der Waals surface area contributed by atoms with E-state index in [2.05, 4.69) is 5.32 Å². The molecule has 0 radical (unpaired) electrons. The molecule has 15 heavy (non-hydrogen) atoms. The first kappa shape index (κ1) is 11.7. The summed E-state index contributed by atoms with van der Waals surface area (Å²) in [5.41, 5.74) is 0.671. The summed E-state index contributed by atoms with van der Waals surface area (Å²) >= 11 is 0. The Morgan fingerprint density at radius 1 is 1.47 bits per heavy atom. The van der Waals surface area contributed by atoms with Gasteiger partial charge in [0.05, 0.1) is 6.04 Å². The summed E-state index contributed by atoms with van der Waals surface area (Å²) in [6.07, 6.45) is 0.580. The quantitative estimate of drug-likeness (QED) is 0.777. The fraction of sp³-hybridized carbons (Fsp3) is 0.364. The number of hydrogen-bond donors (Lipinski definition) is 2. The normalized spacial score (nSPS) is 12.2. The SMILES string of the molecule is CCC(Nc1ccc(F)cc1)C(=O)CO. The first-order valence-corrected chi connectivity index (χ1v) is 4.83. The van der Waals surface area contributed by atoms with Crippen molar-refractivity contribution in [2.75, 3.05) is 11.9 Å². The van der Waals surface area contributed by atoms with Gasteiger partial charge in [0.1, 0.15) is 12.4 Å². The highest BCUT2D eigenvalue weighted by atomic mass is 19.1. The standard InChI is InChI=1S/C11H14FNO2/c1-2-10(11(15)7-14)13-9-5-3-8(12)4-6-9/h3-6,10,13-14H,2,7H2,1H3. The fourth-order valence-electron chi connectivity index (χ4n) is 1.27. The van der Waals surface area contributed by atoms with E-state index in [1.165, 1.54) is 12.1 Å². The smallest absolute Gasteiger partial charge is 0.180 e. The maximum absolute atomic E-state index is 12.6. The van der Waals surface area contributed by atoms with Crippen LogP contribution in [0.5, 0.6) is 0 Å². The molecule has 0 heterocycles. The van der Waals surface area contributed by atoms with Gasteiger partial charge in [-0.15, -0.1) is 0 Å². The number of carbonyl (C=O) groups is 1. The van der Waals surface area contributed by atoms with Gasteiger partial charge >= 0.3 is 0 Å². The fourth-order valence-corrected chi connectivity index (χ4v) is 1.27. The summed E-state index contributed by atoms with van der Waals surface area (Å²) < 4.78 is 12.6. The molecule has 3 nitrogen and oxygen atoms in total. The molecule has 2 N–H and O–H groups in total. The van der Waals surface area contributed by atoms with Crippen LogP contribution in [0, 0.1) is 5.82 Å². The van der Waals surface area contributed by atoms with Crippen LogP contribution in [0.4, 0.5) is 10.1 Å². The highest BCUT2D eigenvalue weighted by Gasteiger charge is 2.14. The molecule has 0 saturated carbocycles. The first-order chi connectivity index (χ1) is 7.17. The molecular weight excluding hydrogens is 197 g/mol. The van der Waals surface area contributed by atoms with E-state index in [9.17, 15) is 9.18 Å². The summed E-state index contributed by atoms with van der Waals surface area (Å²) in [6, 6.07) is 5.34. The summed E-state index contributed by atoms with van der Waals surface area (Å²) in [5.74, 6) is -0.580. The molecule has 0 saturated heterocycles. The van der Waals surface area contributed by atoms with E-state index in [0.29, 0.717) is 12.1 Å². The molecule has 0 aliphatic carbocycles. The minimum atomic E-state index is -0.479. The van der Waals surface area contributed by atoms with E-state index in [1.807, 2.05) is 6.92 Å². The number of aliphatic hydroxyl groups is 1. The van der Waals surface area contributed by atoms with Gasteiger partial charge in [-0.25, -0.2) is 4.39 Å². The minimum Gasteiger partial charge on any atom is -0.389 e. The van der Waals surface area contributed by atoms with Gasteiger partial charge in [0.25, 0.3) is 0 Å². The molecule has 0 aliphatic rings. The Bertz CT molecular complexity index is 324. The lowest BCUT2D eigenvalue weighted by molar-refractivity contribution is -0.122. The number of rotatable bonds is 5. The average molecular weight is 211 g/mol. The van der Waals surface area contributed by atoms with Gasteiger partial charge in [-0.05, 0) is 30.7 Å². The number of Topliss-reactive ketones (excluding diaryl/α,β-unsaturated/α-hetero) is 1. The van der Waals surface area contributed by atoms with Crippen molar-refractivity contribution in [1.29, 1.82) is 0 Å². The number of halogens is 1. The molecule has 1 aromatic rings. The Labute approximate surface area is 87.9 Å². The maximum atomic E-state index is 12.6. The maximum Gasteiger partial charge on any atom is 0.180 e. The van der Waals surface area contributed by atoms with Crippen molar-refractivity contribution in [2.24, 2.45) is 0 Å². The van der Waals surface area contributed by atoms with Gasteiger partial charge in [0.2, 0.25) is 0 Å². The van der Waals surface area contributed by atoms with Crippen molar-refractivity contribution in [2.45, 2.75) is 19.4 Å². The van der Waals surface area contributed by atoms with Crippen LogP contribution in [-0.4, -0.2) is 23.5 Å². The van der Waals surface area contributed by atoms with E-state index in [-0.39, 0.29) is 11.6 Å². The Balaban J connectivity index is 2.66. The molecule has 4 heteroatoms. The van der Waals surface area contributed by atoms with Gasteiger partial charge in [0.15, 0.2) is 5.78 Å². The number of anilines is 1.